The number of hydrogen-bond acceptors (Lipinski definition) is 5. The van der Waals surface area contributed by atoms with Crippen LogP contribution in [0, 0.1) is 5.92 Å². The highest BCUT2D eigenvalue weighted by Gasteiger charge is 2.20. The first-order valence-electron chi connectivity index (χ1n) is 5.86. The van der Waals surface area contributed by atoms with Crippen LogP contribution in [0.25, 0.3) is 0 Å². The molecule has 90 valence electrons. The van der Waals surface area contributed by atoms with E-state index < -0.39 is 0 Å². The summed E-state index contributed by atoms with van der Waals surface area (Å²) in [4.78, 5) is 0. The summed E-state index contributed by atoms with van der Waals surface area (Å²) in [6.45, 7) is 2.02. The topological polar surface area (TPSA) is 59.9 Å². The van der Waals surface area contributed by atoms with Crippen molar-refractivity contribution in [2.24, 2.45) is 11.0 Å². The molecule has 0 aromatic carbocycles. The van der Waals surface area contributed by atoms with Crippen molar-refractivity contribution in [3.05, 3.63) is 11.3 Å². The van der Waals surface area contributed by atoms with Crippen LogP contribution in [0.5, 0.6) is 0 Å². The first kappa shape index (κ1) is 11.4. The van der Waals surface area contributed by atoms with E-state index >= 15 is 0 Å². The molecule has 2 aliphatic rings. The van der Waals surface area contributed by atoms with Crippen molar-refractivity contribution < 1.29 is 5.11 Å². The molecule has 0 saturated carbocycles. The zero-order chi connectivity index (χ0) is 11.4. The summed E-state index contributed by atoms with van der Waals surface area (Å²) in [7, 11) is 2.02. The number of hydrazone groups is 1. The van der Waals surface area contributed by atoms with E-state index in [0.29, 0.717) is 5.92 Å². The number of nitrogens with zero attached hydrogens (tertiary/aromatic N) is 2. The lowest BCUT2D eigenvalue weighted by Gasteiger charge is -2.17. The highest BCUT2D eigenvalue weighted by Crippen LogP contribution is 2.21. The van der Waals surface area contributed by atoms with E-state index in [-0.39, 0.29) is 6.61 Å². The number of rotatable bonds is 1. The molecule has 2 rings (SSSR count). The fraction of sp³-hybridized carbons (Fsp3) is 0.727. The molecule has 0 aromatic heterocycles. The van der Waals surface area contributed by atoms with Crippen LogP contribution in [0.3, 0.4) is 0 Å². The van der Waals surface area contributed by atoms with Crippen molar-refractivity contribution in [1.29, 1.82) is 0 Å². The molecule has 0 fully saturated rings. The lowest BCUT2D eigenvalue weighted by molar-refractivity contribution is 0.209. The molecule has 0 radical (unpaired) electrons. The van der Waals surface area contributed by atoms with E-state index in [1.165, 1.54) is 11.3 Å². The van der Waals surface area contributed by atoms with Crippen molar-refractivity contribution in [2.75, 3.05) is 26.7 Å². The van der Waals surface area contributed by atoms with Crippen molar-refractivity contribution in [3.63, 3.8) is 0 Å². The predicted octanol–water partition coefficient (Wildman–Crippen LogP) is 0.0583. The van der Waals surface area contributed by atoms with E-state index in [9.17, 15) is 5.11 Å². The minimum Gasteiger partial charge on any atom is -0.396 e. The van der Waals surface area contributed by atoms with Gasteiger partial charge in [-0.1, -0.05) is 0 Å². The summed E-state index contributed by atoms with van der Waals surface area (Å²) in [5.74, 6) is 0.359. The maximum absolute atomic E-state index is 9.34. The van der Waals surface area contributed by atoms with Gasteiger partial charge < -0.3 is 16.0 Å². The minimum atomic E-state index is 0.263. The number of aliphatic hydroxyl groups is 1. The monoisotopic (exact) mass is 224 g/mol. The number of aliphatic hydroxyl groups excluding tert-OH is 1. The fourth-order valence-corrected chi connectivity index (χ4v) is 2.19. The maximum Gasteiger partial charge on any atom is 0.0531 e. The summed E-state index contributed by atoms with van der Waals surface area (Å²) in [6, 6.07) is 0. The SMILES string of the molecule is CN1CC2=C(CC(CO)CCCN/N=C\2)N1. The van der Waals surface area contributed by atoms with E-state index in [1.54, 1.807) is 0 Å². The molecule has 0 aromatic rings. The van der Waals surface area contributed by atoms with Crippen LogP contribution in [0.15, 0.2) is 16.4 Å². The third-order valence-electron chi connectivity index (χ3n) is 3.08. The molecule has 0 saturated heterocycles. The molecule has 2 heterocycles. The van der Waals surface area contributed by atoms with Crippen LogP contribution in [-0.4, -0.2) is 43.1 Å². The summed E-state index contributed by atoms with van der Waals surface area (Å²) >= 11 is 0. The quantitative estimate of drug-likeness (QED) is 0.589. The van der Waals surface area contributed by atoms with Crippen LogP contribution in [-0.2, 0) is 0 Å². The Morgan fingerprint density at radius 2 is 2.50 bits per heavy atom. The summed E-state index contributed by atoms with van der Waals surface area (Å²) < 4.78 is 0. The van der Waals surface area contributed by atoms with Crippen molar-refractivity contribution in [2.45, 2.75) is 19.3 Å². The molecular formula is C11H20N4O. The Balaban J connectivity index is 2.12. The number of hydrogen-bond donors (Lipinski definition) is 3. The van der Waals surface area contributed by atoms with E-state index in [4.69, 9.17) is 0 Å². The standard InChI is InChI=1S/C11H20N4O/c1-15-7-10-6-13-12-4-2-3-9(8-16)5-11(10)14-15/h6,9,12,14,16H,2-5,7-8H2,1H3/b13-6-. The fourth-order valence-electron chi connectivity index (χ4n) is 2.19. The first-order valence-corrected chi connectivity index (χ1v) is 5.86. The number of nitrogens with one attached hydrogen (secondary N) is 2. The zero-order valence-electron chi connectivity index (χ0n) is 9.74. The Labute approximate surface area is 96.2 Å². The molecular weight excluding hydrogens is 204 g/mol. The molecule has 0 bridgehead atoms. The Morgan fingerprint density at radius 1 is 1.62 bits per heavy atom. The Morgan fingerprint density at radius 3 is 3.31 bits per heavy atom. The van der Waals surface area contributed by atoms with Gasteiger partial charge in [-0.3, -0.25) is 0 Å². The highest BCUT2D eigenvalue weighted by atomic mass is 16.3. The second-order valence-corrected chi connectivity index (χ2v) is 4.53. The van der Waals surface area contributed by atoms with E-state index in [0.717, 1.165) is 32.4 Å². The molecule has 0 amide bonds. The van der Waals surface area contributed by atoms with E-state index in [1.807, 2.05) is 18.3 Å². The summed E-state index contributed by atoms with van der Waals surface area (Å²) in [5.41, 5.74) is 8.77. The normalized spacial score (nSPS) is 29.2. The number of likely N-dealkylation sites (N-methyl/N-ethyl adjacent to an activating group) is 1. The Hall–Kier alpha value is -1.07. The van der Waals surface area contributed by atoms with Crippen molar-refractivity contribution >= 4 is 6.21 Å². The van der Waals surface area contributed by atoms with Gasteiger partial charge in [0.05, 0.1) is 6.21 Å². The van der Waals surface area contributed by atoms with Crippen LogP contribution in [0.1, 0.15) is 19.3 Å². The lowest BCUT2D eigenvalue weighted by atomic mass is 9.97. The zero-order valence-corrected chi connectivity index (χ0v) is 9.74. The average molecular weight is 224 g/mol. The van der Waals surface area contributed by atoms with Gasteiger partial charge in [0.2, 0.25) is 0 Å². The van der Waals surface area contributed by atoms with Crippen LogP contribution in [0.4, 0.5) is 0 Å². The van der Waals surface area contributed by atoms with Gasteiger partial charge in [-0.05, 0) is 25.2 Å². The first-order chi connectivity index (χ1) is 7.79. The molecule has 1 atom stereocenters. The summed E-state index contributed by atoms with van der Waals surface area (Å²) in [6.07, 6.45) is 4.91. The number of allylic oxidation sites excluding steroid dienone is 1. The van der Waals surface area contributed by atoms with Gasteiger partial charge in [-0.2, -0.15) is 5.10 Å². The second kappa shape index (κ2) is 5.32. The molecule has 5 nitrogen and oxygen atoms in total. The van der Waals surface area contributed by atoms with Gasteiger partial charge in [0.25, 0.3) is 0 Å². The minimum absolute atomic E-state index is 0.263. The van der Waals surface area contributed by atoms with Gasteiger partial charge in [-0.25, -0.2) is 5.01 Å². The highest BCUT2D eigenvalue weighted by molar-refractivity contribution is 5.80. The largest absolute Gasteiger partial charge is 0.396 e. The van der Waals surface area contributed by atoms with Crippen molar-refractivity contribution in [3.8, 4) is 0 Å². The smallest absolute Gasteiger partial charge is 0.0531 e. The molecule has 3 N–H and O–H groups in total. The van der Waals surface area contributed by atoms with E-state index in [2.05, 4.69) is 16.0 Å². The molecule has 1 unspecified atom stereocenters. The molecule has 0 aliphatic carbocycles. The third-order valence-corrected chi connectivity index (χ3v) is 3.08. The second-order valence-electron chi connectivity index (χ2n) is 4.53. The Kier molecular flexibility index (Phi) is 3.79. The predicted molar refractivity (Wildman–Crippen MR) is 63.7 cm³/mol. The molecule has 5 heteroatoms. The molecule has 16 heavy (non-hydrogen) atoms. The molecule has 0 spiro atoms. The lowest BCUT2D eigenvalue weighted by Crippen LogP contribution is -2.28. The van der Waals surface area contributed by atoms with Gasteiger partial charge in [0, 0.05) is 38.0 Å². The van der Waals surface area contributed by atoms with Gasteiger partial charge in [-0.15, -0.1) is 0 Å². The van der Waals surface area contributed by atoms with Gasteiger partial charge in [0.1, 0.15) is 0 Å². The molecule has 2 aliphatic heterocycles. The average Bonchev–Trinajstić information content (AvgIpc) is 2.63. The van der Waals surface area contributed by atoms with Crippen LogP contribution < -0.4 is 10.9 Å². The third kappa shape index (κ3) is 2.74. The van der Waals surface area contributed by atoms with Crippen LogP contribution >= 0.6 is 0 Å². The van der Waals surface area contributed by atoms with Gasteiger partial charge in [0.15, 0.2) is 0 Å². The summed E-state index contributed by atoms with van der Waals surface area (Å²) in [5, 5.41) is 15.6. The van der Waals surface area contributed by atoms with Gasteiger partial charge >= 0.3 is 0 Å². The van der Waals surface area contributed by atoms with Crippen LogP contribution in [0.2, 0.25) is 0 Å². The maximum atomic E-state index is 9.34. The number of hydrazine groups is 1. The van der Waals surface area contributed by atoms with Crippen molar-refractivity contribution in [1.82, 2.24) is 15.9 Å². The Bertz CT molecular complexity index is 300.